The van der Waals surface area contributed by atoms with Crippen LogP contribution in [0.1, 0.15) is 31.9 Å². The third-order valence-corrected chi connectivity index (χ3v) is 3.19. The minimum Gasteiger partial charge on any atom is -0.491 e. The summed E-state index contributed by atoms with van der Waals surface area (Å²) in [6.45, 7) is 10.9. The van der Waals surface area contributed by atoms with E-state index >= 15 is 0 Å². The summed E-state index contributed by atoms with van der Waals surface area (Å²) >= 11 is 0. The van der Waals surface area contributed by atoms with Crippen LogP contribution in [0.15, 0.2) is 36.9 Å². The standard InChI is InChI=1S/C17H25N3O/c1-14-5-6-16(15(11-14)12-19-17(2,3)4)21-10-9-20-8-7-18-13-20/h5-8,11,13,19H,9-10,12H2,1-4H3. The van der Waals surface area contributed by atoms with E-state index in [1.54, 1.807) is 12.5 Å². The molecule has 0 aliphatic heterocycles. The van der Waals surface area contributed by atoms with Crippen molar-refractivity contribution in [2.75, 3.05) is 6.61 Å². The van der Waals surface area contributed by atoms with Crippen LogP contribution in [0.2, 0.25) is 0 Å². The van der Waals surface area contributed by atoms with Crippen molar-refractivity contribution in [2.24, 2.45) is 0 Å². The number of aromatic nitrogens is 2. The Kier molecular flexibility index (Phi) is 5.02. The first-order valence-corrected chi connectivity index (χ1v) is 7.37. The largest absolute Gasteiger partial charge is 0.491 e. The van der Waals surface area contributed by atoms with Crippen LogP contribution in [-0.4, -0.2) is 21.7 Å². The summed E-state index contributed by atoms with van der Waals surface area (Å²) in [7, 11) is 0. The number of ether oxygens (including phenoxy) is 1. The van der Waals surface area contributed by atoms with E-state index in [2.05, 4.69) is 56.2 Å². The minimum atomic E-state index is 0.0951. The topological polar surface area (TPSA) is 39.1 Å². The SMILES string of the molecule is Cc1ccc(OCCn2ccnc2)c(CNC(C)(C)C)c1. The average molecular weight is 287 g/mol. The molecular weight excluding hydrogens is 262 g/mol. The molecule has 0 saturated heterocycles. The molecule has 0 unspecified atom stereocenters. The van der Waals surface area contributed by atoms with Crippen molar-refractivity contribution < 1.29 is 4.74 Å². The molecule has 2 rings (SSSR count). The Morgan fingerprint density at radius 2 is 2.10 bits per heavy atom. The zero-order valence-corrected chi connectivity index (χ0v) is 13.4. The van der Waals surface area contributed by atoms with E-state index in [0.29, 0.717) is 6.61 Å². The number of benzene rings is 1. The predicted molar refractivity (Wildman–Crippen MR) is 85.5 cm³/mol. The molecule has 4 heteroatoms. The quantitative estimate of drug-likeness (QED) is 0.887. The van der Waals surface area contributed by atoms with E-state index in [9.17, 15) is 0 Å². The lowest BCUT2D eigenvalue weighted by Crippen LogP contribution is -2.35. The third-order valence-electron chi connectivity index (χ3n) is 3.19. The Balaban J connectivity index is 1.97. The number of hydrogen-bond donors (Lipinski definition) is 1. The number of nitrogens with zero attached hydrogens (tertiary/aromatic N) is 2. The van der Waals surface area contributed by atoms with Gasteiger partial charge in [0.05, 0.1) is 12.9 Å². The second kappa shape index (κ2) is 6.76. The molecule has 0 amide bonds. The molecule has 2 aromatic rings. The predicted octanol–water partition coefficient (Wildman–Crippen LogP) is 3.16. The normalized spacial score (nSPS) is 11.6. The fourth-order valence-electron chi connectivity index (χ4n) is 2.03. The Morgan fingerprint density at radius 1 is 1.29 bits per heavy atom. The fourth-order valence-corrected chi connectivity index (χ4v) is 2.03. The minimum absolute atomic E-state index is 0.0951. The fraction of sp³-hybridized carbons (Fsp3) is 0.471. The van der Waals surface area contributed by atoms with Gasteiger partial charge in [0, 0.05) is 30.0 Å². The van der Waals surface area contributed by atoms with Crippen molar-refractivity contribution in [3.63, 3.8) is 0 Å². The lowest BCUT2D eigenvalue weighted by atomic mass is 10.1. The number of rotatable bonds is 6. The summed E-state index contributed by atoms with van der Waals surface area (Å²) in [6, 6.07) is 6.33. The molecule has 1 heterocycles. The van der Waals surface area contributed by atoms with Gasteiger partial charge in [-0.25, -0.2) is 4.98 Å². The van der Waals surface area contributed by atoms with Crippen LogP contribution in [0.4, 0.5) is 0 Å². The summed E-state index contributed by atoms with van der Waals surface area (Å²) in [4.78, 5) is 4.03. The van der Waals surface area contributed by atoms with Gasteiger partial charge >= 0.3 is 0 Å². The van der Waals surface area contributed by atoms with E-state index in [1.807, 2.05) is 10.8 Å². The van der Waals surface area contributed by atoms with Crippen LogP contribution >= 0.6 is 0 Å². The van der Waals surface area contributed by atoms with Gasteiger partial charge in [0.15, 0.2) is 0 Å². The van der Waals surface area contributed by atoms with Gasteiger partial charge < -0.3 is 14.6 Å². The molecule has 0 radical (unpaired) electrons. The molecule has 21 heavy (non-hydrogen) atoms. The molecule has 114 valence electrons. The van der Waals surface area contributed by atoms with Gasteiger partial charge in [-0.15, -0.1) is 0 Å². The molecule has 4 nitrogen and oxygen atoms in total. The van der Waals surface area contributed by atoms with Crippen molar-refractivity contribution in [3.8, 4) is 5.75 Å². The molecule has 0 spiro atoms. The molecule has 0 atom stereocenters. The number of hydrogen-bond acceptors (Lipinski definition) is 3. The number of nitrogens with one attached hydrogen (secondary N) is 1. The summed E-state index contributed by atoms with van der Waals surface area (Å²) in [5.41, 5.74) is 2.55. The van der Waals surface area contributed by atoms with Gasteiger partial charge in [-0.3, -0.25) is 0 Å². The maximum absolute atomic E-state index is 5.94. The highest BCUT2D eigenvalue weighted by atomic mass is 16.5. The molecule has 1 N–H and O–H groups in total. The molecule has 1 aromatic carbocycles. The van der Waals surface area contributed by atoms with E-state index in [4.69, 9.17) is 4.74 Å². The summed E-state index contributed by atoms with van der Waals surface area (Å²) in [5.74, 6) is 0.956. The second-order valence-electron chi connectivity index (χ2n) is 6.36. The van der Waals surface area contributed by atoms with Gasteiger partial charge in [-0.2, -0.15) is 0 Å². The monoisotopic (exact) mass is 287 g/mol. The lowest BCUT2D eigenvalue weighted by Gasteiger charge is -2.22. The van der Waals surface area contributed by atoms with Crippen molar-refractivity contribution in [1.82, 2.24) is 14.9 Å². The first-order chi connectivity index (χ1) is 9.94. The van der Waals surface area contributed by atoms with Crippen LogP contribution in [-0.2, 0) is 13.1 Å². The maximum atomic E-state index is 5.94. The van der Waals surface area contributed by atoms with E-state index in [0.717, 1.165) is 18.8 Å². The van der Waals surface area contributed by atoms with Crippen molar-refractivity contribution in [1.29, 1.82) is 0 Å². The first kappa shape index (κ1) is 15.6. The molecule has 0 fully saturated rings. The lowest BCUT2D eigenvalue weighted by molar-refractivity contribution is 0.293. The van der Waals surface area contributed by atoms with Gasteiger partial charge in [-0.1, -0.05) is 17.7 Å². The average Bonchev–Trinajstić information content (AvgIpc) is 2.91. The van der Waals surface area contributed by atoms with Gasteiger partial charge in [0.1, 0.15) is 12.4 Å². The zero-order chi connectivity index (χ0) is 15.3. The first-order valence-electron chi connectivity index (χ1n) is 7.37. The highest BCUT2D eigenvalue weighted by Gasteiger charge is 2.11. The Hall–Kier alpha value is -1.81. The number of aryl methyl sites for hydroxylation is 1. The molecule has 0 aliphatic carbocycles. The van der Waals surface area contributed by atoms with Crippen LogP contribution in [0.5, 0.6) is 5.75 Å². The summed E-state index contributed by atoms with van der Waals surface area (Å²) in [5, 5.41) is 3.51. The summed E-state index contributed by atoms with van der Waals surface area (Å²) < 4.78 is 7.96. The third kappa shape index (κ3) is 5.23. The molecule has 0 bridgehead atoms. The van der Waals surface area contributed by atoms with Crippen LogP contribution in [0.25, 0.3) is 0 Å². The summed E-state index contributed by atoms with van der Waals surface area (Å²) in [6.07, 6.45) is 5.53. The number of imidazole rings is 1. The molecular formula is C17H25N3O. The molecule has 0 aliphatic rings. The Morgan fingerprint density at radius 3 is 2.76 bits per heavy atom. The van der Waals surface area contributed by atoms with Crippen LogP contribution in [0, 0.1) is 6.92 Å². The Labute approximate surface area is 127 Å². The Bertz CT molecular complexity index is 556. The van der Waals surface area contributed by atoms with Crippen molar-refractivity contribution in [3.05, 3.63) is 48.0 Å². The van der Waals surface area contributed by atoms with Crippen LogP contribution < -0.4 is 10.1 Å². The highest BCUT2D eigenvalue weighted by Crippen LogP contribution is 2.21. The van der Waals surface area contributed by atoms with Gasteiger partial charge in [-0.05, 0) is 33.8 Å². The van der Waals surface area contributed by atoms with E-state index in [1.165, 1.54) is 11.1 Å². The van der Waals surface area contributed by atoms with E-state index < -0.39 is 0 Å². The van der Waals surface area contributed by atoms with Crippen molar-refractivity contribution >= 4 is 0 Å². The molecule has 1 aromatic heterocycles. The van der Waals surface area contributed by atoms with Gasteiger partial charge in [0.2, 0.25) is 0 Å². The maximum Gasteiger partial charge on any atom is 0.123 e. The van der Waals surface area contributed by atoms with Crippen LogP contribution in [0.3, 0.4) is 0 Å². The zero-order valence-electron chi connectivity index (χ0n) is 13.4. The van der Waals surface area contributed by atoms with E-state index in [-0.39, 0.29) is 5.54 Å². The highest BCUT2D eigenvalue weighted by molar-refractivity contribution is 5.37. The second-order valence-corrected chi connectivity index (χ2v) is 6.36. The van der Waals surface area contributed by atoms with Crippen molar-refractivity contribution in [2.45, 2.75) is 46.3 Å². The smallest absolute Gasteiger partial charge is 0.123 e. The molecule has 0 saturated carbocycles. The van der Waals surface area contributed by atoms with Gasteiger partial charge in [0.25, 0.3) is 0 Å².